The number of nitrogens with two attached hydrogens (primary N) is 1. The number of hydrogen-bond acceptors (Lipinski definition) is 4. The van der Waals surface area contributed by atoms with E-state index in [-0.39, 0.29) is 5.91 Å². The van der Waals surface area contributed by atoms with Crippen LogP contribution in [0.15, 0.2) is 30.5 Å². The molecule has 1 aromatic carbocycles. The van der Waals surface area contributed by atoms with E-state index in [1.807, 2.05) is 24.3 Å². The third kappa shape index (κ3) is 2.64. The zero-order valence-corrected chi connectivity index (χ0v) is 9.41. The molecule has 2 aromatic rings. The molecule has 82 valence electrons. The smallest absolute Gasteiger partial charge is 0.217 e. The second-order valence-electron chi connectivity index (χ2n) is 3.44. The van der Waals surface area contributed by atoms with E-state index in [4.69, 9.17) is 5.73 Å². The van der Waals surface area contributed by atoms with E-state index in [0.717, 1.165) is 16.0 Å². The van der Waals surface area contributed by atoms with Gasteiger partial charge in [0, 0.05) is 6.42 Å². The minimum Gasteiger partial charge on any atom is -0.370 e. The molecule has 1 heterocycles. The molecule has 0 atom stereocenters. The van der Waals surface area contributed by atoms with Crippen LogP contribution in [0.3, 0.4) is 0 Å². The van der Waals surface area contributed by atoms with Crippen molar-refractivity contribution in [1.82, 2.24) is 9.59 Å². The number of carbonyl (C=O) groups excluding carboxylic acids is 1. The fraction of sp³-hybridized carbons (Fsp3) is 0.182. The Morgan fingerprint density at radius 2 is 2.06 bits per heavy atom. The van der Waals surface area contributed by atoms with Gasteiger partial charge in [0.2, 0.25) is 5.91 Å². The van der Waals surface area contributed by atoms with Gasteiger partial charge in [-0.1, -0.05) is 28.8 Å². The Balaban J connectivity index is 2.08. The van der Waals surface area contributed by atoms with Crippen molar-refractivity contribution in [2.24, 2.45) is 5.73 Å². The zero-order valence-electron chi connectivity index (χ0n) is 8.59. The van der Waals surface area contributed by atoms with Gasteiger partial charge in [0.15, 0.2) is 0 Å². The second-order valence-corrected chi connectivity index (χ2v) is 4.23. The first-order chi connectivity index (χ1) is 7.75. The lowest BCUT2D eigenvalue weighted by molar-refractivity contribution is -0.117. The van der Waals surface area contributed by atoms with Gasteiger partial charge in [-0.05, 0) is 29.1 Å². The summed E-state index contributed by atoms with van der Waals surface area (Å²) in [4.78, 5) is 11.7. The average molecular weight is 233 g/mol. The Hall–Kier alpha value is -1.75. The van der Waals surface area contributed by atoms with Crippen LogP contribution in [0.1, 0.15) is 12.0 Å². The number of aromatic nitrogens is 2. The van der Waals surface area contributed by atoms with Crippen LogP contribution in [0.5, 0.6) is 0 Å². The summed E-state index contributed by atoms with van der Waals surface area (Å²) in [7, 11) is 0. The lowest BCUT2D eigenvalue weighted by Gasteiger charge is -2.00. The second kappa shape index (κ2) is 4.85. The summed E-state index contributed by atoms with van der Waals surface area (Å²) >= 11 is 1.36. The Bertz CT molecular complexity index is 464. The fourth-order valence-electron chi connectivity index (χ4n) is 1.40. The minimum atomic E-state index is -0.268. The summed E-state index contributed by atoms with van der Waals surface area (Å²) in [5, 5.41) is 3.79. The fourth-order valence-corrected chi connectivity index (χ4v) is 1.92. The molecule has 0 saturated carbocycles. The molecule has 0 fully saturated rings. The molecule has 0 aliphatic rings. The summed E-state index contributed by atoms with van der Waals surface area (Å²) < 4.78 is 3.81. The van der Waals surface area contributed by atoms with Gasteiger partial charge in [-0.15, -0.1) is 5.10 Å². The normalized spacial score (nSPS) is 10.2. The Morgan fingerprint density at radius 3 is 2.62 bits per heavy atom. The highest BCUT2D eigenvalue weighted by Gasteiger charge is 2.01. The minimum absolute atomic E-state index is 0.268. The van der Waals surface area contributed by atoms with Gasteiger partial charge in [-0.3, -0.25) is 4.79 Å². The van der Waals surface area contributed by atoms with Gasteiger partial charge >= 0.3 is 0 Å². The molecule has 2 rings (SSSR count). The Morgan fingerprint density at radius 1 is 1.31 bits per heavy atom. The summed E-state index contributed by atoms with van der Waals surface area (Å²) in [5.41, 5.74) is 7.30. The number of aryl methyl sites for hydroxylation is 1. The molecule has 16 heavy (non-hydrogen) atoms. The number of rotatable bonds is 4. The largest absolute Gasteiger partial charge is 0.370 e. The van der Waals surface area contributed by atoms with Crippen LogP contribution in [0.2, 0.25) is 0 Å². The molecule has 0 radical (unpaired) electrons. The first-order valence-corrected chi connectivity index (χ1v) is 5.68. The number of amides is 1. The van der Waals surface area contributed by atoms with Crippen molar-refractivity contribution in [2.75, 3.05) is 0 Å². The molecular weight excluding hydrogens is 222 g/mol. The maximum Gasteiger partial charge on any atom is 0.217 e. The first kappa shape index (κ1) is 10.8. The lowest BCUT2D eigenvalue weighted by atomic mass is 10.1. The number of carbonyl (C=O) groups is 1. The van der Waals surface area contributed by atoms with Crippen molar-refractivity contribution in [1.29, 1.82) is 0 Å². The molecule has 1 amide bonds. The standard InChI is InChI=1S/C11H11N3OS/c12-11(15)6-3-8-1-4-9(5-2-8)10-7-13-14-16-10/h1-2,4-5,7H,3,6H2,(H2,12,15). The molecule has 1 aromatic heterocycles. The predicted octanol–water partition coefficient (Wildman–Crippen LogP) is 1.62. The number of nitrogens with zero attached hydrogens (tertiary/aromatic N) is 2. The quantitative estimate of drug-likeness (QED) is 0.872. The van der Waals surface area contributed by atoms with Crippen molar-refractivity contribution < 1.29 is 4.79 Å². The number of primary amides is 1. The Labute approximate surface area is 97.3 Å². The number of hydrogen-bond donors (Lipinski definition) is 1. The van der Waals surface area contributed by atoms with Crippen molar-refractivity contribution in [2.45, 2.75) is 12.8 Å². The highest BCUT2D eigenvalue weighted by molar-refractivity contribution is 7.09. The van der Waals surface area contributed by atoms with Crippen LogP contribution in [0.25, 0.3) is 10.4 Å². The summed E-state index contributed by atoms with van der Waals surface area (Å²) in [6.07, 6.45) is 2.82. The average Bonchev–Trinajstić information content (AvgIpc) is 2.80. The molecule has 0 saturated heterocycles. The van der Waals surface area contributed by atoms with E-state index < -0.39 is 0 Å². The van der Waals surface area contributed by atoms with Crippen LogP contribution < -0.4 is 5.73 Å². The van der Waals surface area contributed by atoms with Crippen molar-refractivity contribution >= 4 is 17.4 Å². The molecule has 5 heteroatoms. The van der Waals surface area contributed by atoms with Gasteiger partial charge < -0.3 is 5.73 Å². The van der Waals surface area contributed by atoms with Crippen LogP contribution in [0, 0.1) is 0 Å². The van der Waals surface area contributed by atoms with Gasteiger partial charge in [0.25, 0.3) is 0 Å². The molecule has 0 aliphatic carbocycles. The number of benzene rings is 1. The third-order valence-electron chi connectivity index (χ3n) is 2.26. The highest BCUT2D eigenvalue weighted by atomic mass is 32.1. The topological polar surface area (TPSA) is 68.9 Å². The van der Waals surface area contributed by atoms with E-state index in [1.165, 1.54) is 11.5 Å². The van der Waals surface area contributed by atoms with E-state index in [1.54, 1.807) is 6.20 Å². The van der Waals surface area contributed by atoms with Gasteiger partial charge in [-0.25, -0.2) is 0 Å². The third-order valence-corrected chi connectivity index (χ3v) is 2.97. The van der Waals surface area contributed by atoms with E-state index >= 15 is 0 Å². The van der Waals surface area contributed by atoms with Gasteiger partial charge in [0.1, 0.15) is 0 Å². The first-order valence-electron chi connectivity index (χ1n) is 4.90. The lowest BCUT2D eigenvalue weighted by Crippen LogP contribution is -2.11. The molecule has 0 unspecified atom stereocenters. The predicted molar refractivity (Wildman–Crippen MR) is 62.9 cm³/mol. The molecule has 4 nitrogen and oxygen atoms in total. The van der Waals surface area contributed by atoms with Crippen molar-refractivity contribution in [3.63, 3.8) is 0 Å². The van der Waals surface area contributed by atoms with E-state index in [9.17, 15) is 4.79 Å². The molecular formula is C11H11N3OS. The molecule has 0 spiro atoms. The van der Waals surface area contributed by atoms with Gasteiger partial charge in [-0.2, -0.15) is 0 Å². The summed E-state index contributed by atoms with van der Waals surface area (Å²) in [5.74, 6) is -0.268. The van der Waals surface area contributed by atoms with Crippen molar-refractivity contribution in [3.8, 4) is 10.4 Å². The summed E-state index contributed by atoms with van der Waals surface area (Å²) in [6, 6.07) is 8.01. The van der Waals surface area contributed by atoms with Crippen LogP contribution >= 0.6 is 11.5 Å². The monoisotopic (exact) mass is 233 g/mol. The SMILES string of the molecule is NC(=O)CCc1ccc(-c2cnns2)cc1. The molecule has 0 aliphatic heterocycles. The highest BCUT2D eigenvalue weighted by Crippen LogP contribution is 2.21. The van der Waals surface area contributed by atoms with Crippen LogP contribution in [-0.4, -0.2) is 15.5 Å². The Kier molecular flexibility index (Phi) is 3.26. The molecule has 0 bridgehead atoms. The van der Waals surface area contributed by atoms with E-state index in [2.05, 4.69) is 9.59 Å². The molecule has 2 N–H and O–H groups in total. The van der Waals surface area contributed by atoms with Crippen LogP contribution in [0.4, 0.5) is 0 Å². The maximum atomic E-state index is 10.6. The maximum absolute atomic E-state index is 10.6. The zero-order chi connectivity index (χ0) is 11.4. The van der Waals surface area contributed by atoms with Crippen LogP contribution in [-0.2, 0) is 11.2 Å². The van der Waals surface area contributed by atoms with Gasteiger partial charge in [0.05, 0.1) is 11.1 Å². The summed E-state index contributed by atoms with van der Waals surface area (Å²) in [6.45, 7) is 0. The van der Waals surface area contributed by atoms with E-state index in [0.29, 0.717) is 12.8 Å². The van der Waals surface area contributed by atoms with Crippen molar-refractivity contribution in [3.05, 3.63) is 36.0 Å².